The number of aromatic nitrogens is 1. The number of carbonyl (C=O) groups excluding carboxylic acids is 1. The second-order valence-corrected chi connectivity index (χ2v) is 6.61. The van der Waals surface area contributed by atoms with Gasteiger partial charge in [0.1, 0.15) is 0 Å². The highest BCUT2D eigenvalue weighted by Crippen LogP contribution is 2.46. The van der Waals surface area contributed by atoms with Gasteiger partial charge >= 0.3 is 0 Å². The number of likely N-dealkylation sites (tertiary alicyclic amines) is 1. The molecule has 1 saturated carbocycles. The third-order valence-corrected chi connectivity index (χ3v) is 4.18. The highest BCUT2D eigenvalue weighted by atomic mass is 32.2. The van der Waals surface area contributed by atoms with Crippen molar-refractivity contribution in [3.8, 4) is 0 Å². The summed E-state index contributed by atoms with van der Waals surface area (Å²) in [7, 11) is -3.17. The van der Waals surface area contributed by atoms with Gasteiger partial charge in [0.15, 0.2) is 0 Å². The number of amides is 1. The second-order valence-electron chi connectivity index (χ2n) is 4.83. The SMILES string of the molecule is CS(=O)(=O)NC1[C@H]2CN(C(=O)c3ccno3)C[C@@H]12. The van der Waals surface area contributed by atoms with Gasteiger partial charge < -0.3 is 9.42 Å². The molecule has 1 aromatic heterocycles. The van der Waals surface area contributed by atoms with E-state index in [1.807, 2.05) is 0 Å². The fourth-order valence-electron chi connectivity index (χ4n) is 2.60. The maximum atomic E-state index is 11.9. The smallest absolute Gasteiger partial charge is 0.292 e. The molecule has 7 nitrogen and oxygen atoms in total. The van der Waals surface area contributed by atoms with Crippen molar-refractivity contribution in [2.45, 2.75) is 6.04 Å². The molecule has 2 aliphatic rings. The van der Waals surface area contributed by atoms with Crippen LogP contribution in [-0.2, 0) is 10.0 Å². The Hall–Kier alpha value is -1.41. The summed E-state index contributed by atoms with van der Waals surface area (Å²) in [6, 6.07) is 1.51. The lowest BCUT2D eigenvalue weighted by atomic mass is 10.3. The Balaban J connectivity index is 1.60. The van der Waals surface area contributed by atoms with E-state index < -0.39 is 10.0 Å². The topological polar surface area (TPSA) is 92.5 Å². The molecule has 3 atom stereocenters. The molecule has 2 heterocycles. The first-order valence-electron chi connectivity index (χ1n) is 5.63. The summed E-state index contributed by atoms with van der Waals surface area (Å²) in [5, 5.41) is 3.49. The summed E-state index contributed by atoms with van der Waals surface area (Å²) in [5.74, 6) is 0.500. The largest absolute Gasteiger partial charge is 0.351 e. The van der Waals surface area contributed by atoms with Crippen molar-refractivity contribution in [1.29, 1.82) is 0 Å². The molecule has 98 valence electrons. The number of fused-ring (bicyclic) bond motifs is 1. The Morgan fingerprint density at radius 1 is 1.50 bits per heavy atom. The molecule has 1 N–H and O–H groups in total. The van der Waals surface area contributed by atoms with Crippen LogP contribution in [0.3, 0.4) is 0 Å². The summed E-state index contributed by atoms with van der Waals surface area (Å²) in [6.45, 7) is 1.13. The first kappa shape index (κ1) is 11.7. The quantitative estimate of drug-likeness (QED) is 0.784. The molecule has 1 aliphatic carbocycles. The third-order valence-electron chi connectivity index (χ3n) is 3.48. The van der Waals surface area contributed by atoms with Crippen LogP contribution in [0, 0.1) is 11.8 Å². The average molecular weight is 271 g/mol. The minimum absolute atomic E-state index is 0.0150. The lowest BCUT2D eigenvalue weighted by molar-refractivity contribution is 0.0731. The van der Waals surface area contributed by atoms with Gasteiger partial charge in [0.2, 0.25) is 15.8 Å². The molecular weight excluding hydrogens is 258 g/mol. The summed E-state index contributed by atoms with van der Waals surface area (Å²) < 4.78 is 29.6. The normalized spacial score (nSPS) is 30.3. The Morgan fingerprint density at radius 2 is 2.17 bits per heavy atom. The van der Waals surface area contributed by atoms with Gasteiger partial charge in [-0.2, -0.15) is 0 Å². The van der Waals surface area contributed by atoms with E-state index in [0.29, 0.717) is 13.1 Å². The predicted molar refractivity (Wildman–Crippen MR) is 61.2 cm³/mol. The van der Waals surface area contributed by atoms with E-state index in [2.05, 4.69) is 9.88 Å². The number of carbonyl (C=O) groups is 1. The van der Waals surface area contributed by atoms with E-state index in [4.69, 9.17) is 4.52 Å². The molecule has 0 spiro atoms. The maximum Gasteiger partial charge on any atom is 0.292 e. The van der Waals surface area contributed by atoms with Crippen LogP contribution in [0.15, 0.2) is 16.8 Å². The van der Waals surface area contributed by atoms with Crippen molar-refractivity contribution in [1.82, 2.24) is 14.8 Å². The molecule has 3 rings (SSSR count). The van der Waals surface area contributed by atoms with Crippen molar-refractivity contribution >= 4 is 15.9 Å². The van der Waals surface area contributed by atoms with E-state index in [-0.39, 0.29) is 29.5 Å². The molecule has 1 unspecified atom stereocenters. The van der Waals surface area contributed by atoms with E-state index in [0.717, 1.165) is 6.26 Å². The van der Waals surface area contributed by atoms with Crippen LogP contribution in [0.2, 0.25) is 0 Å². The lowest BCUT2D eigenvalue weighted by Crippen LogP contribution is -2.37. The third kappa shape index (κ3) is 2.01. The zero-order valence-corrected chi connectivity index (χ0v) is 10.6. The van der Waals surface area contributed by atoms with Gasteiger partial charge in [-0.25, -0.2) is 13.1 Å². The number of nitrogens with zero attached hydrogens (tertiary/aromatic N) is 2. The highest BCUT2D eigenvalue weighted by Gasteiger charge is 2.57. The molecular formula is C10H13N3O4S. The van der Waals surface area contributed by atoms with Gasteiger partial charge in [0.05, 0.1) is 12.5 Å². The summed E-state index contributed by atoms with van der Waals surface area (Å²) in [6.07, 6.45) is 2.58. The summed E-state index contributed by atoms with van der Waals surface area (Å²) in [4.78, 5) is 13.6. The molecule has 8 heteroatoms. The number of hydrogen-bond donors (Lipinski definition) is 1. The summed E-state index contributed by atoms with van der Waals surface area (Å²) in [5.41, 5.74) is 0. The zero-order valence-electron chi connectivity index (χ0n) is 9.74. The minimum atomic E-state index is -3.17. The lowest BCUT2D eigenvalue weighted by Gasteiger charge is -2.18. The molecule has 1 aliphatic heterocycles. The van der Waals surface area contributed by atoms with Crippen LogP contribution in [0.25, 0.3) is 0 Å². The van der Waals surface area contributed by atoms with Gasteiger partial charge in [-0.15, -0.1) is 0 Å². The number of rotatable bonds is 3. The Labute approximate surface area is 104 Å². The molecule has 0 radical (unpaired) electrons. The van der Waals surface area contributed by atoms with Crippen LogP contribution in [0.5, 0.6) is 0 Å². The van der Waals surface area contributed by atoms with Crippen LogP contribution in [-0.4, -0.2) is 49.8 Å². The molecule has 18 heavy (non-hydrogen) atoms. The van der Waals surface area contributed by atoms with Crippen LogP contribution in [0.4, 0.5) is 0 Å². The van der Waals surface area contributed by atoms with E-state index in [1.54, 1.807) is 4.90 Å². The fraction of sp³-hybridized carbons (Fsp3) is 0.600. The van der Waals surface area contributed by atoms with Crippen molar-refractivity contribution in [3.63, 3.8) is 0 Å². The standard InChI is InChI=1S/C10H13N3O4S/c1-18(15,16)12-9-6-4-13(5-7(6)9)10(14)8-2-3-11-17-8/h2-3,6-7,9,12H,4-5H2,1H3/t6-,7+,9?. The molecule has 0 bridgehead atoms. The first-order chi connectivity index (χ1) is 8.46. The Kier molecular flexibility index (Phi) is 2.46. The zero-order chi connectivity index (χ0) is 12.9. The van der Waals surface area contributed by atoms with Crippen molar-refractivity contribution in [2.75, 3.05) is 19.3 Å². The molecule has 1 saturated heterocycles. The monoisotopic (exact) mass is 271 g/mol. The number of nitrogens with one attached hydrogen (secondary N) is 1. The van der Waals surface area contributed by atoms with E-state index in [1.165, 1.54) is 12.3 Å². The molecule has 1 aromatic rings. The Morgan fingerprint density at radius 3 is 2.67 bits per heavy atom. The Bertz CT molecular complexity index is 556. The maximum absolute atomic E-state index is 11.9. The minimum Gasteiger partial charge on any atom is -0.351 e. The fourth-order valence-corrected chi connectivity index (χ4v) is 3.44. The highest BCUT2D eigenvalue weighted by molar-refractivity contribution is 7.88. The second kappa shape index (κ2) is 3.79. The van der Waals surface area contributed by atoms with Crippen molar-refractivity contribution in [3.05, 3.63) is 18.0 Å². The van der Waals surface area contributed by atoms with Crippen molar-refractivity contribution < 1.29 is 17.7 Å². The number of hydrogen-bond acceptors (Lipinski definition) is 5. The van der Waals surface area contributed by atoms with Gasteiger partial charge in [-0.1, -0.05) is 5.16 Å². The van der Waals surface area contributed by atoms with Crippen molar-refractivity contribution in [2.24, 2.45) is 11.8 Å². The van der Waals surface area contributed by atoms with Crippen LogP contribution >= 0.6 is 0 Å². The van der Waals surface area contributed by atoms with Crippen LogP contribution in [0.1, 0.15) is 10.6 Å². The van der Waals surface area contributed by atoms with Gasteiger partial charge in [-0.3, -0.25) is 4.79 Å². The average Bonchev–Trinajstić information content (AvgIpc) is 2.83. The molecule has 1 amide bonds. The number of piperidine rings is 1. The van der Waals surface area contributed by atoms with E-state index >= 15 is 0 Å². The first-order valence-corrected chi connectivity index (χ1v) is 7.52. The predicted octanol–water partition coefficient (Wildman–Crippen LogP) is -0.706. The summed E-state index contributed by atoms with van der Waals surface area (Å²) >= 11 is 0. The molecule has 2 fully saturated rings. The van der Waals surface area contributed by atoms with Crippen LogP contribution < -0.4 is 4.72 Å². The van der Waals surface area contributed by atoms with Gasteiger partial charge in [0, 0.05) is 25.2 Å². The number of sulfonamides is 1. The van der Waals surface area contributed by atoms with Gasteiger partial charge in [-0.05, 0) is 11.8 Å². The molecule has 0 aromatic carbocycles. The van der Waals surface area contributed by atoms with Gasteiger partial charge in [0.25, 0.3) is 5.91 Å². The van der Waals surface area contributed by atoms with E-state index in [9.17, 15) is 13.2 Å².